The molecule has 3 heterocycles. The first-order chi connectivity index (χ1) is 15.8. The standard InChI is InChI=1S/C22H20FN6O3P/c1-33(2)19-7-3-6-17-26-22(28-29(17)19)27-18(30)12-13-8-9-16(15(23)11-13)32-21-14(20(24)31)5-4-10-25-21/h3-11H,12H2,1-2H3,(H2,24,31)(H,27,28,30). The predicted octanol–water partition coefficient (Wildman–Crippen LogP) is 2.70. The summed E-state index contributed by atoms with van der Waals surface area (Å²) >= 11 is 0. The Hall–Kier alpha value is -3.91. The van der Waals surface area contributed by atoms with Crippen LogP contribution in [0, 0.1) is 5.82 Å². The molecule has 0 bridgehead atoms. The zero-order valence-electron chi connectivity index (χ0n) is 17.8. The van der Waals surface area contributed by atoms with Crippen LogP contribution < -0.4 is 21.2 Å². The zero-order chi connectivity index (χ0) is 23.5. The summed E-state index contributed by atoms with van der Waals surface area (Å²) in [6, 6.07) is 12.7. The lowest BCUT2D eigenvalue weighted by Crippen LogP contribution is -2.16. The number of benzene rings is 1. The maximum absolute atomic E-state index is 14.6. The van der Waals surface area contributed by atoms with E-state index in [1.54, 1.807) is 10.6 Å². The Bertz CT molecular complexity index is 1360. The van der Waals surface area contributed by atoms with Crippen LogP contribution in [0.25, 0.3) is 5.65 Å². The molecule has 168 valence electrons. The van der Waals surface area contributed by atoms with Crippen LogP contribution in [0.5, 0.6) is 11.6 Å². The van der Waals surface area contributed by atoms with E-state index in [9.17, 15) is 14.0 Å². The molecule has 4 aromatic rings. The second-order valence-electron chi connectivity index (χ2n) is 7.30. The fourth-order valence-corrected chi connectivity index (χ4v) is 4.05. The monoisotopic (exact) mass is 466 g/mol. The van der Waals surface area contributed by atoms with Gasteiger partial charge in [-0.05, 0) is 55.3 Å². The molecule has 3 aromatic heterocycles. The number of aromatic nitrogens is 4. The van der Waals surface area contributed by atoms with Crippen molar-refractivity contribution < 1.29 is 18.7 Å². The van der Waals surface area contributed by atoms with Crippen LogP contribution >= 0.6 is 7.92 Å². The van der Waals surface area contributed by atoms with Crippen LogP contribution in [-0.2, 0) is 11.2 Å². The Morgan fingerprint density at radius 2 is 2.00 bits per heavy atom. The second-order valence-corrected chi connectivity index (χ2v) is 9.54. The third-order valence-electron chi connectivity index (χ3n) is 4.65. The number of fused-ring (bicyclic) bond motifs is 1. The molecule has 2 amide bonds. The minimum atomic E-state index is -0.742. The first-order valence-corrected chi connectivity index (χ1v) is 12.1. The Kier molecular flexibility index (Phi) is 6.28. The number of amides is 2. The molecule has 0 radical (unpaired) electrons. The Morgan fingerprint density at radius 3 is 2.73 bits per heavy atom. The third kappa shape index (κ3) is 4.96. The highest BCUT2D eigenvalue weighted by Gasteiger charge is 2.16. The van der Waals surface area contributed by atoms with E-state index in [1.165, 1.54) is 30.5 Å². The largest absolute Gasteiger partial charge is 0.435 e. The van der Waals surface area contributed by atoms with E-state index < -0.39 is 25.6 Å². The average Bonchev–Trinajstić information content (AvgIpc) is 3.17. The van der Waals surface area contributed by atoms with Crippen molar-refractivity contribution in [1.82, 2.24) is 19.6 Å². The molecule has 0 aliphatic heterocycles. The van der Waals surface area contributed by atoms with Crippen molar-refractivity contribution in [2.45, 2.75) is 6.42 Å². The number of carbonyl (C=O) groups excluding carboxylic acids is 2. The highest BCUT2D eigenvalue weighted by atomic mass is 31.1. The van der Waals surface area contributed by atoms with Crippen molar-refractivity contribution in [1.29, 1.82) is 0 Å². The van der Waals surface area contributed by atoms with E-state index in [0.29, 0.717) is 11.2 Å². The maximum Gasteiger partial charge on any atom is 0.254 e. The van der Waals surface area contributed by atoms with Crippen molar-refractivity contribution >= 4 is 36.8 Å². The van der Waals surface area contributed by atoms with Gasteiger partial charge in [-0.2, -0.15) is 4.98 Å². The minimum Gasteiger partial charge on any atom is -0.435 e. The summed E-state index contributed by atoms with van der Waals surface area (Å²) in [6.45, 7) is 4.21. The van der Waals surface area contributed by atoms with Gasteiger partial charge in [-0.1, -0.05) is 20.1 Å². The Balaban J connectivity index is 1.46. The number of carbonyl (C=O) groups is 2. The number of hydrogen-bond donors (Lipinski definition) is 2. The smallest absolute Gasteiger partial charge is 0.254 e. The predicted molar refractivity (Wildman–Crippen MR) is 123 cm³/mol. The van der Waals surface area contributed by atoms with Gasteiger partial charge in [0.25, 0.3) is 5.91 Å². The summed E-state index contributed by atoms with van der Waals surface area (Å²) in [7, 11) is -0.409. The fourth-order valence-electron chi connectivity index (χ4n) is 3.14. The van der Waals surface area contributed by atoms with Crippen LogP contribution in [0.3, 0.4) is 0 Å². The van der Waals surface area contributed by atoms with Gasteiger partial charge in [0.15, 0.2) is 17.2 Å². The summed E-state index contributed by atoms with van der Waals surface area (Å²) in [5.74, 6) is -1.92. The summed E-state index contributed by atoms with van der Waals surface area (Å²) in [5.41, 5.74) is 7.40. The van der Waals surface area contributed by atoms with Crippen LogP contribution in [0.15, 0.2) is 54.7 Å². The number of nitrogens with two attached hydrogens (primary N) is 1. The Morgan fingerprint density at radius 1 is 1.18 bits per heavy atom. The number of nitrogens with one attached hydrogen (secondary N) is 1. The van der Waals surface area contributed by atoms with Gasteiger partial charge in [-0.25, -0.2) is 13.9 Å². The number of halogens is 1. The lowest BCUT2D eigenvalue weighted by molar-refractivity contribution is -0.115. The molecule has 0 atom stereocenters. The topological polar surface area (TPSA) is 124 Å². The van der Waals surface area contributed by atoms with E-state index in [-0.39, 0.29) is 29.6 Å². The molecule has 0 spiro atoms. The third-order valence-corrected chi connectivity index (χ3v) is 5.91. The fraction of sp³-hybridized carbons (Fsp3) is 0.136. The van der Waals surface area contributed by atoms with Gasteiger partial charge < -0.3 is 10.5 Å². The normalized spacial score (nSPS) is 11.0. The van der Waals surface area contributed by atoms with Gasteiger partial charge >= 0.3 is 0 Å². The van der Waals surface area contributed by atoms with Crippen LogP contribution in [0.2, 0.25) is 0 Å². The van der Waals surface area contributed by atoms with E-state index >= 15 is 0 Å². The molecule has 0 fully saturated rings. The van der Waals surface area contributed by atoms with Crippen LogP contribution in [-0.4, -0.2) is 44.7 Å². The summed E-state index contributed by atoms with van der Waals surface area (Å²) in [5, 5.41) is 7.02. The second kappa shape index (κ2) is 9.30. The van der Waals surface area contributed by atoms with E-state index in [1.807, 2.05) is 18.2 Å². The quantitative estimate of drug-likeness (QED) is 0.404. The molecule has 33 heavy (non-hydrogen) atoms. The number of nitrogens with zero attached hydrogens (tertiary/aromatic N) is 4. The number of rotatable bonds is 7. The first-order valence-electron chi connectivity index (χ1n) is 9.86. The van der Waals surface area contributed by atoms with Gasteiger partial charge in [-0.15, -0.1) is 5.10 Å². The van der Waals surface area contributed by atoms with E-state index in [2.05, 4.69) is 33.7 Å². The summed E-state index contributed by atoms with van der Waals surface area (Å²) in [6.07, 6.45) is 1.31. The summed E-state index contributed by atoms with van der Waals surface area (Å²) < 4.78 is 21.7. The van der Waals surface area contributed by atoms with Crippen molar-refractivity contribution in [3.63, 3.8) is 0 Å². The van der Waals surface area contributed by atoms with Gasteiger partial charge in [0, 0.05) is 6.20 Å². The van der Waals surface area contributed by atoms with E-state index in [4.69, 9.17) is 10.5 Å². The van der Waals surface area contributed by atoms with Crippen molar-refractivity contribution in [2.24, 2.45) is 5.73 Å². The number of ether oxygens (including phenoxy) is 1. The molecule has 0 saturated carbocycles. The van der Waals surface area contributed by atoms with Crippen LogP contribution in [0.4, 0.5) is 10.3 Å². The molecular weight excluding hydrogens is 446 g/mol. The molecule has 0 aliphatic rings. The molecule has 0 saturated heterocycles. The SMILES string of the molecule is CP(C)c1cccc2nc(NC(=O)Cc3ccc(Oc4ncccc4C(N)=O)c(F)c3)nn12. The van der Waals surface area contributed by atoms with Gasteiger partial charge in [0.1, 0.15) is 5.56 Å². The van der Waals surface area contributed by atoms with Gasteiger partial charge in [0.2, 0.25) is 17.7 Å². The lowest BCUT2D eigenvalue weighted by Gasteiger charge is -2.09. The molecule has 9 nitrogen and oxygen atoms in total. The number of primary amides is 1. The molecule has 11 heteroatoms. The van der Waals surface area contributed by atoms with E-state index in [0.717, 1.165) is 5.44 Å². The average molecular weight is 466 g/mol. The number of pyridine rings is 2. The van der Waals surface area contributed by atoms with Crippen molar-refractivity contribution in [2.75, 3.05) is 18.6 Å². The highest BCUT2D eigenvalue weighted by Crippen LogP contribution is 2.26. The molecule has 3 N–H and O–H groups in total. The first kappa shape index (κ1) is 22.3. The minimum absolute atomic E-state index is 0.0298. The molecule has 4 rings (SSSR count). The summed E-state index contributed by atoms with van der Waals surface area (Å²) in [4.78, 5) is 32.2. The lowest BCUT2D eigenvalue weighted by atomic mass is 10.1. The van der Waals surface area contributed by atoms with Crippen molar-refractivity contribution in [3.8, 4) is 11.6 Å². The number of anilines is 1. The molecular formula is C22H20FN6O3P. The molecule has 0 aliphatic carbocycles. The highest BCUT2D eigenvalue weighted by molar-refractivity contribution is 7.63. The maximum atomic E-state index is 14.6. The Labute approximate surface area is 189 Å². The van der Waals surface area contributed by atoms with Gasteiger partial charge in [0.05, 0.1) is 11.9 Å². The zero-order valence-corrected chi connectivity index (χ0v) is 18.7. The van der Waals surface area contributed by atoms with Crippen molar-refractivity contribution in [3.05, 3.63) is 71.7 Å². The van der Waals surface area contributed by atoms with Gasteiger partial charge in [-0.3, -0.25) is 14.9 Å². The molecule has 0 unspecified atom stereocenters. The van der Waals surface area contributed by atoms with Crippen LogP contribution in [0.1, 0.15) is 15.9 Å². The molecule has 1 aromatic carbocycles. The number of hydrogen-bond acceptors (Lipinski definition) is 6.